The maximum absolute atomic E-state index is 13.5. The van der Waals surface area contributed by atoms with E-state index in [0.29, 0.717) is 47.5 Å². The summed E-state index contributed by atoms with van der Waals surface area (Å²) in [6.45, 7) is 7.09. The second-order valence-corrected chi connectivity index (χ2v) is 11.1. The number of carbonyl (C=O) groups is 1. The number of ether oxygens (including phenoxy) is 1. The van der Waals surface area contributed by atoms with Crippen molar-refractivity contribution >= 4 is 34.4 Å². The molecule has 11 nitrogen and oxygen atoms in total. The van der Waals surface area contributed by atoms with Gasteiger partial charge < -0.3 is 15.4 Å². The van der Waals surface area contributed by atoms with Crippen molar-refractivity contribution in [1.82, 2.24) is 29.6 Å². The Morgan fingerprint density at radius 1 is 1.10 bits per heavy atom. The summed E-state index contributed by atoms with van der Waals surface area (Å²) in [7, 11) is 0. The number of hydrogen-bond donors (Lipinski definition) is 2. The van der Waals surface area contributed by atoms with Crippen LogP contribution in [-0.4, -0.2) is 49.9 Å². The molecule has 1 amide bonds. The molecule has 0 aliphatic carbocycles. The molecule has 7 rings (SSSR count). The van der Waals surface area contributed by atoms with Crippen molar-refractivity contribution in [3.63, 3.8) is 0 Å². The van der Waals surface area contributed by atoms with E-state index in [1.807, 2.05) is 18.2 Å². The van der Waals surface area contributed by atoms with Gasteiger partial charge in [-0.3, -0.25) is 14.5 Å². The predicted molar refractivity (Wildman–Crippen MR) is 152 cm³/mol. The van der Waals surface area contributed by atoms with Crippen molar-refractivity contribution in [2.75, 3.05) is 29.9 Å². The molecule has 40 heavy (non-hydrogen) atoms. The van der Waals surface area contributed by atoms with Gasteiger partial charge in [0, 0.05) is 36.9 Å². The highest BCUT2D eigenvalue weighted by molar-refractivity contribution is 5.96. The van der Waals surface area contributed by atoms with Crippen LogP contribution in [0.5, 0.6) is 5.75 Å². The first-order valence-corrected chi connectivity index (χ1v) is 13.6. The Kier molecular flexibility index (Phi) is 5.70. The highest BCUT2D eigenvalue weighted by Crippen LogP contribution is 2.33. The number of fused-ring (bicyclic) bond motifs is 6. The molecule has 0 spiro atoms. The van der Waals surface area contributed by atoms with E-state index in [-0.39, 0.29) is 23.5 Å². The fourth-order valence-electron chi connectivity index (χ4n) is 5.77. The fourth-order valence-corrected chi connectivity index (χ4v) is 5.77. The van der Waals surface area contributed by atoms with Crippen LogP contribution in [0.25, 0.3) is 16.9 Å². The largest absolute Gasteiger partial charge is 0.480 e. The lowest BCUT2D eigenvalue weighted by molar-refractivity contribution is -0.121. The second-order valence-electron chi connectivity index (χ2n) is 11.1. The Bertz CT molecular complexity index is 1750. The first-order chi connectivity index (χ1) is 19.4. The summed E-state index contributed by atoms with van der Waals surface area (Å²) in [5.41, 5.74) is 3.70. The molecule has 0 fully saturated rings. The highest BCUT2D eigenvalue weighted by atomic mass is 16.5. The van der Waals surface area contributed by atoms with Crippen LogP contribution in [0, 0.1) is 0 Å². The molecule has 204 valence electrons. The number of carbonyl (C=O) groups excluding carboxylic acids is 1. The van der Waals surface area contributed by atoms with E-state index in [1.54, 1.807) is 32.6 Å². The average molecular weight is 539 g/mol. The van der Waals surface area contributed by atoms with E-state index in [1.165, 1.54) is 11.1 Å². The Morgan fingerprint density at radius 2 is 2.00 bits per heavy atom. The van der Waals surface area contributed by atoms with Crippen LogP contribution >= 0.6 is 0 Å². The van der Waals surface area contributed by atoms with Gasteiger partial charge in [0.05, 0.1) is 6.54 Å². The number of nitrogens with zero attached hydrogens (tertiary/aromatic N) is 6. The lowest BCUT2D eigenvalue weighted by Gasteiger charge is -2.33. The summed E-state index contributed by atoms with van der Waals surface area (Å²) in [4.78, 5) is 41.9. The molecule has 0 atom stereocenters. The number of nitrogens with one attached hydrogen (secondary N) is 2. The maximum Gasteiger partial charge on any atom is 0.278 e. The van der Waals surface area contributed by atoms with Crippen molar-refractivity contribution in [2.24, 2.45) is 0 Å². The lowest BCUT2D eigenvalue weighted by atomic mass is 9.79. The smallest absolute Gasteiger partial charge is 0.278 e. The molecule has 0 unspecified atom stereocenters. The Balaban J connectivity index is 1.34. The summed E-state index contributed by atoms with van der Waals surface area (Å²) in [5, 5.41) is 7.19. The van der Waals surface area contributed by atoms with Gasteiger partial charge in [0.25, 0.3) is 11.5 Å². The Hall–Kier alpha value is -4.51. The van der Waals surface area contributed by atoms with Crippen LogP contribution in [0.3, 0.4) is 0 Å². The van der Waals surface area contributed by atoms with Crippen molar-refractivity contribution < 1.29 is 9.53 Å². The van der Waals surface area contributed by atoms with Gasteiger partial charge in [0.1, 0.15) is 5.39 Å². The first-order valence-electron chi connectivity index (χ1n) is 13.6. The molecule has 0 radical (unpaired) electrons. The van der Waals surface area contributed by atoms with Gasteiger partial charge >= 0.3 is 0 Å². The third-order valence-corrected chi connectivity index (χ3v) is 7.80. The number of allylic oxidation sites excluding steroid dienone is 2. The molecule has 3 aliphatic rings. The monoisotopic (exact) mass is 538 g/mol. The van der Waals surface area contributed by atoms with Gasteiger partial charge in [0.2, 0.25) is 5.95 Å². The third kappa shape index (κ3) is 4.04. The van der Waals surface area contributed by atoms with Gasteiger partial charge in [-0.2, -0.15) is 4.98 Å². The minimum absolute atomic E-state index is 0.0144. The Labute approximate surface area is 230 Å². The van der Waals surface area contributed by atoms with Gasteiger partial charge in [-0.05, 0) is 48.2 Å². The summed E-state index contributed by atoms with van der Waals surface area (Å²) in [6, 6.07) is 9.89. The fraction of sp³-hybridized carbons (Fsp3) is 0.345. The van der Waals surface area contributed by atoms with Crippen molar-refractivity contribution in [1.29, 1.82) is 0 Å². The minimum Gasteiger partial charge on any atom is -0.480 e. The molecule has 3 aromatic heterocycles. The van der Waals surface area contributed by atoms with Gasteiger partial charge in [-0.1, -0.05) is 32.1 Å². The van der Waals surface area contributed by atoms with Crippen molar-refractivity contribution in [3.8, 4) is 11.6 Å². The quantitative estimate of drug-likeness (QED) is 0.374. The molecule has 4 aromatic rings. The molecule has 0 saturated heterocycles. The molecule has 1 aromatic carbocycles. The van der Waals surface area contributed by atoms with E-state index < -0.39 is 0 Å². The average Bonchev–Trinajstić information content (AvgIpc) is 3.20. The molecule has 2 N–H and O–H groups in total. The van der Waals surface area contributed by atoms with E-state index in [2.05, 4.69) is 41.6 Å². The number of aromatic nitrogens is 5. The zero-order chi connectivity index (χ0) is 27.4. The number of amides is 1. The van der Waals surface area contributed by atoms with E-state index in [4.69, 9.17) is 14.7 Å². The first kappa shape index (κ1) is 24.5. The minimum atomic E-state index is -0.214. The summed E-state index contributed by atoms with van der Waals surface area (Å²) < 4.78 is 8.95. The Morgan fingerprint density at radius 3 is 2.90 bits per heavy atom. The summed E-state index contributed by atoms with van der Waals surface area (Å²) in [6.07, 6.45) is 7.11. The second kappa shape index (κ2) is 9.30. The number of hydrogen-bond acceptors (Lipinski definition) is 8. The van der Waals surface area contributed by atoms with Crippen molar-refractivity contribution in [3.05, 3.63) is 70.2 Å². The van der Waals surface area contributed by atoms with Crippen LogP contribution in [0.1, 0.15) is 37.8 Å². The SMILES string of the molecule is CC1(C)CNCc2cc(Nc3ncc4c(=O)n5n(c4n3)-c3ccc4c(n3)N(CCC/C=C\C5)C(=O)CO4)ccc21. The molecule has 0 saturated carbocycles. The molecule has 3 aliphatic heterocycles. The van der Waals surface area contributed by atoms with Crippen LogP contribution < -0.4 is 25.8 Å². The standard InChI is InChI=1S/C29H30N8O3/c1-29(2)17-30-14-18-13-19(7-8-21(18)29)32-28-31-15-20-25(34-28)37-23-10-9-22-26(33-23)35(24(38)16-40-22)11-5-3-4-6-12-36(37)27(20)39/h4,6-10,13,15,30H,3,5,11-12,14,16-17H2,1-2H3,(H,31,32,34)/b6-4-. The number of benzene rings is 1. The molecule has 6 heterocycles. The van der Waals surface area contributed by atoms with Gasteiger partial charge in [0.15, 0.2) is 29.6 Å². The van der Waals surface area contributed by atoms with Crippen LogP contribution in [0.2, 0.25) is 0 Å². The maximum atomic E-state index is 13.5. The molecular formula is C29H30N8O3. The summed E-state index contributed by atoms with van der Waals surface area (Å²) in [5.74, 6) is 1.71. The normalized spacial score (nSPS) is 18.6. The molecule has 2 bridgehead atoms. The third-order valence-electron chi connectivity index (χ3n) is 7.80. The van der Waals surface area contributed by atoms with Gasteiger partial charge in [-0.25, -0.2) is 19.3 Å². The van der Waals surface area contributed by atoms with Crippen LogP contribution in [-0.2, 0) is 23.3 Å². The molecule has 11 heteroatoms. The lowest BCUT2D eigenvalue weighted by Crippen LogP contribution is -2.40. The van der Waals surface area contributed by atoms with E-state index in [0.717, 1.165) is 31.6 Å². The highest BCUT2D eigenvalue weighted by Gasteiger charge is 2.29. The van der Waals surface area contributed by atoms with Gasteiger partial charge in [-0.15, -0.1) is 0 Å². The predicted octanol–water partition coefficient (Wildman–Crippen LogP) is 3.18. The van der Waals surface area contributed by atoms with E-state index >= 15 is 0 Å². The number of anilines is 3. The topological polar surface area (TPSA) is 119 Å². The summed E-state index contributed by atoms with van der Waals surface area (Å²) >= 11 is 0. The number of pyridine rings is 1. The molecular weight excluding hydrogens is 508 g/mol. The van der Waals surface area contributed by atoms with E-state index in [9.17, 15) is 9.59 Å². The van der Waals surface area contributed by atoms with Crippen LogP contribution in [0.15, 0.2) is 53.5 Å². The zero-order valence-corrected chi connectivity index (χ0v) is 22.5. The van der Waals surface area contributed by atoms with Crippen molar-refractivity contribution in [2.45, 2.75) is 45.2 Å². The number of rotatable bonds is 2. The van der Waals surface area contributed by atoms with Crippen LogP contribution in [0.4, 0.5) is 17.5 Å². The zero-order valence-electron chi connectivity index (χ0n) is 22.5.